The van der Waals surface area contributed by atoms with Gasteiger partial charge in [-0.15, -0.1) is 0 Å². The molecule has 2 heterocycles. The third-order valence-electron chi connectivity index (χ3n) is 7.12. The Kier molecular flexibility index (Phi) is 8.36. The second-order valence-corrected chi connectivity index (χ2v) is 9.43. The summed E-state index contributed by atoms with van der Waals surface area (Å²) < 4.78 is 16.3. The van der Waals surface area contributed by atoms with Gasteiger partial charge in [0.15, 0.2) is 11.5 Å². The third kappa shape index (κ3) is 5.43. The van der Waals surface area contributed by atoms with Gasteiger partial charge in [-0.25, -0.2) is 0 Å². The molecule has 0 radical (unpaired) electrons. The first kappa shape index (κ1) is 25.8. The van der Waals surface area contributed by atoms with E-state index in [0.29, 0.717) is 36.8 Å². The molecule has 0 bridgehead atoms. The summed E-state index contributed by atoms with van der Waals surface area (Å²) in [6.07, 6.45) is 2.18. The number of carbonyl (C=O) groups excluding carboxylic acids is 1. The summed E-state index contributed by atoms with van der Waals surface area (Å²) in [5, 5.41) is 10.4. The number of hydrogen-bond donors (Lipinski definition) is 1. The van der Waals surface area contributed by atoms with Crippen LogP contribution in [0.2, 0.25) is 0 Å². The summed E-state index contributed by atoms with van der Waals surface area (Å²) in [5.74, 6) is 0.340. The SMILES string of the molecule is CCCN(CCC)C(=O)CCN1CC(c2ccc3c(c2)OCO3)C(C(=O)O)C1c1ccc(OC)cc1. The van der Waals surface area contributed by atoms with Crippen LogP contribution in [-0.4, -0.2) is 66.9 Å². The molecule has 1 N–H and O–H groups in total. The van der Waals surface area contributed by atoms with Gasteiger partial charge in [0.05, 0.1) is 13.0 Å². The normalized spacial score (nSPS) is 20.9. The molecule has 36 heavy (non-hydrogen) atoms. The standard InChI is InChI=1S/C28H36N2O6/c1-4-13-29(14-5-2)25(31)12-15-30-17-22(20-8-11-23-24(16-20)36-18-35-23)26(28(32)33)27(30)19-6-9-21(34-3)10-7-19/h6-11,16,22,26-27H,4-5,12-15,17-18H2,1-3H3,(H,32,33). The average molecular weight is 497 g/mol. The highest BCUT2D eigenvalue weighted by Gasteiger charge is 2.47. The van der Waals surface area contributed by atoms with Crippen LogP contribution in [-0.2, 0) is 9.59 Å². The number of benzene rings is 2. The van der Waals surface area contributed by atoms with Gasteiger partial charge in [-0.1, -0.05) is 32.0 Å². The number of rotatable bonds is 11. The predicted octanol–water partition coefficient (Wildman–Crippen LogP) is 4.30. The van der Waals surface area contributed by atoms with Gasteiger partial charge in [-0.2, -0.15) is 0 Å². The minimum Gasteiger partial charge on any atom is -0.497 e. The van der Waals surface area contributed by atoms with Crippen LogP contribution < -0.4 is 14.2 Å². The van der Waals surface area contributed by atoms with Crippen molar-refractivity contribution in [3.05, 3.63) is 53.6 Å². The molecule has 1 amide bonds. The number of nitrogens with zero attached hydrogens (tertiary/aromatic N) is 2. The summed E-state index contributed by atoms with van der Waals surface area (Å²) in [6, 6.07) is 12.9. The number of carbonyl (C=O) groups is 2. The van der Waals surface area contributed by atoms with Crippen molar-refractivity contribution >= 4 is 11.9 Å². The van der Waals surface area contributed by atoms with Gasteiger partial charge < -0.3 is 24.2 Å². The molecular formula is C28H36N2O6. The number of aliphatic carboxylic acids is 1. The first-order valence-electron chi connectivity index (χ1n) is 12.7. The van der Waals surface area contributed by atoms with Gasteiger partial charge in [0.25, 0.3) is 0 Å². The molecule has 0 aromatic heterocycles. The molecule has 0 spiro atoms. The fourth-order valence-electron chi connectivity index (χ4n) is 5.44. The summed E-state index contributed by atoms with van der Waals surface area (Å²) in [7, 11) is 1.61. The first-order chi connectivity index (χ1) is 17.5. The van der Waals surface area contributed by atoms with Crippen molar-refractivity contribution in [3.63, 3.8) is 0 Å². The van der Waals surface area contributed by atoms with Crippen LogP contribution in [0, 0.1) is 5.92 Å². The predicted molar refractivity (Wildman–Crippen MR) is 136 cm³/mol. The smallest absolute Gasteiger partial charge is 0.309 e. The molecule has 1 saturated heterocycles. The van der Waals surface area contributed by atoms with E-state index in [0.717, 1.165) is 37.1 Å². The Morgan fingerprint density at radius 3 is 2.33 bits per heavy atom. The number of methoxy groups -OCH3 is 1. The largest absolute Gasteiger partial charge is 0.497 e. The van der Waals surface area contributed by atoms with E-state index < -0.39 is 11.9 Å². The molecule has 4 rings (SSSR count). The van der Waals surface area contributed by atoms with Gasteiger partial charge in [0, 0.05) is 44.6 Å². The lowest BCUT2D eigenvalue weighted by Gasteiger charge is -2.28. The minimum atomic E-state index is -0.856. The summed E-state index contributed by atoms with van der Waals surface area (Å²) in [6.45, 7) is 6.82. The number of hydrogen-bond acceptors (Lipinski definition) is 6. The molecule has 2 aromatic rings. The van der Waals surface area contributed by atoms with Crippen LogP contribution in [0.25, 0.3) is 0 Å². The second kappa shape index (κ2) is 11.6. The van der Waals surface area contributed by atoms with E-state index in [4.69, 9.17) is 14.2 Å². The van der Waals surface area contributed by atoms with E-state index in [1.54, 1.807) is 7.11 Å². The van der Waals surface area contributed by atoms with Gasteiger partial charge in [0.1, 0.15) is 5.75 Å². The number of likely N-dealkylation sites (tertiary alicyclic amines) is 1. The fraction of sp³-hybridized carbons (Fsp3) is 0.500. The van der Waals surface area contributed by atoms with Gasteiger partial charge in [0.2, 0.25) is 12.7 Å². The van der Waals surface area contributed by atoms with E-state index in [9.17, 15) is 14.7 Å². The van der Waals surface area contributed by atoms with Crippen molar-refractivity contribution in [1.82, 2.24) is 9.80 Å². The zero-order chi connectivity index (χ0) is 25.7. The van der Waals surface area contributed by atoms with Gasteiger partial charge in [-0.05, 0) is 48.2 Å². The topological polar surface area (TPSA) is 88.5 Å². The number of carboxylic acids is 1. The number of carboxylic acid groups (broad SMARTS) is 1. The van der Waals surface area contributed by atoms with Crippen LogP contribution in [0.5, 0.6) is 17.2 Å². The molecule has 0 aliphatic carbocycles. The van der Waals surface area contributed by atoms with Crippen LogP contribution in [0.15, 0.2) is 42.5 Å². The Morgan fingerprint density at radius 2 is 1.69 bits per heavy atom. The number of ether oxygens (including phenoxy) is 3. The van der Waals surface area contributed by atoms with Crippen molar-refractivity contribution < 1.29 is 28.9 Å². The highest BCUT2D eigenvalue weighted by Crippen LogP contribution is 2.47. The van der Waals surface area contributed by atoms with E-state index in [1.807, 2.05) is 47.4 Å². The Labute approximate surface area is 212 Å². The molecular weight excluding hydrogens is 460 g/mol. The van der Waals surface area contributed by atoms with E-state index in [-0.39, 0.29) is 24.7 Å². The maximum atomic E-state index is 13.0. The molecule has 0 saturated carbocycles. The summed E-state index contributed by atoms with van der Waals surface area (Å²) >= 11 is 0. The van der Waals surface area contributed by atoms with Crippen LogP contribution >= 0.6 is 0 Å². The second-order valence-electron chi connectivity index (χ2n) is 9.43. The molecule has 3 unspecified atom stereocenters. The molecule has 2 aliphatic rings. The zero-order valence-electron chi connectivity index (χ0n) is 21.3. The van der Waals surface area contributed by atoms with Crippen LogP contribution in [0.3, 0.4) is 0 Å². The quantitative estimate of drug-likeness (QED) is 0.496. The molecule has 2 aromatic carbocycles. The lowest BCUT2D eigenvalue weighted by atomic mass is 9.82. The molecule has 8 nitrogen and oxygen atoms in total. The Balaban J connectivity index is 1.64. The van der Waals surface area contributed by atoms with Gasteiger partial charge >= 0.3 is 5.97 Å². The van der Waals surface area contributed by atoms with Gasteiger partial charge in [-0.3, -0.25) is 14.5 Å². The summed E-state index contributed by atoms with van der Waals surface area (Å²) in [4.78, 5) is 29.8. The number of fused-ring (bicyclic) bond motifs is 1. The molecule has 3 atom stereocenters. The highest BCUT2D eigenvalue weighted by atomic mass is 16.7. The fourth-order valence-corrected chi connectivity index (χ4v) is 5.44. The first-order valence-corrected chi connectivity index (χ1v) is 12.7. The molecule has 194 valence electrons. The van der Waals surface area contributed by atoms with E-state index >= 15 is 0 Å². The highest BCUT2D eigenvalue weighted by molar-refractivity contribution is 5.76. The lowest BCUT2D eigenvalue weighted by molar-refractivity contribution is -0.143. The van der Waals surface area contributed by atoms with Crippen molar-refractivity contribution in [2.45, 2.75) is 45.1 Å². The maximum Gasteiger partial charge on any atom is 0.309 e. The monoisotopic (exact) mass is 496 g/mol. The number of amides is 1. The van der Waals surface area contributed by atoms with Crippen molar-refractivity contribution in [1.29, 1.82) is 0 Å². The van der Waals surface area contributed by atoms with Crippen LogP contribution in [0.1, 0.15) is 56.2 Å². The third-order valence-corrected chi connectivity index (χ3v) is 7.12. The Morgan fingerprint density at radius 1 is 1.03 bits per heavy atom. The maximum absolute atomic E-state index is 13.0. The average Bonchev–Trinajstić information content (AvgIpc) is 3.51. The lowest BCUT2D eigenvalue weighted by Crippen LogP contribution is -2.36. The molecule has 1 fully saturated rings. The zero-order valence-corrected chi connectivity index (χ0v) is 21.3. The summed E-state index contributed by atoms with van der Waals surface area (Å²) in [5.41, 5.74) is 1.80. The Hall–Kier alpha value is -3.26. The molecule has 2 aliphatic heterocycles. The molecule has 8 heteroatoms. The van der Waals surface area contributed by atoms with E-state index in [2.05, 4.69) is 18.7 Å². The minimum absolute atomic E-state index is 0.116. The van der Waals surface area contributed by atoms with E-state index in [1.165, 1.54) is 0 Å². The van der Waals surface area contributed by atoms with Crippen LogP contribution in [0.4, 0.5) is 0 Å². The Bertz CT molecular complexity index is 1050. The van der Waals surface area contributed by atoms with Crippen molar-refractivity contribution in [3.8, 4) is 17.2 Å². The van der Waals surface area contributed by atoms with Crippen molar-refractivity contribution in [2.24, 2.45) is 5.92 Å². The van der Waals surface area contributed by atoms with Crippen molar-refractivity contribution in [2.75, 3.05) is 40.1 Å².